The van der Waals surface area contributed by atoms with Crippen LogP contribution in [-0.4, -0.2) is 42.6 Å². The SMILES string of the molecule is CCOc1c(OC)cccc1C(=O)NC1CC2CCC(C1)N2Cc1ccccc1.Cl. The molecule has 2 fully saturated rings. The highest BCUT2D eigenvalue weighted by Crippen LogP contribution is 2.37. The van der Waals surface area contributed by atoms with Crippen molar-refractivity contribution in [2.75, 3.05) is 13.7 Å². The fourth-order valence-electron chi connectivity index (χ4n) is 4.86. The molecule has 2 aromatic carbocycles. The number of rotatable bonds is 7. The molecule has 1 amide bonds. The van der Waals surface area contributed by atoms with Crippen LogP contribution in [0.5, 0.6) is 11.5 Å². The largest absolute Gasteiger partial charge is 0.493 e. The zero-order valence-electron chi connectivity index (χ0n) is 17.7. The number of carbonyl (C=O) groups excluding carboxylic acids is 1. The molecule has 6 heteroatoms. The second kappa shape index (κ2) is 10.2. The molecule has 0 radical (unpaired) electrons. The van der Waals surface area contributed by atoms with E-state index in [1.165, 1.54) is 18.4 Å². The summed E-state index contributed by atoms with van der Waals surface area (Å²) in [6.07, 6.45) is 4.44. The molecule has 0 saturated carbocycles. The lowest BCUT2D eigenvalue weighted by atomic mass is 9.96. The number of amides is 1. The summed E-state index contributed by atoms with van der Waals surface area (Å²) in [5.74, 6) is 1.05. The maximum atomic E-state index is 13.0. The first-order valence-electron chi connectivity index (χ1n) is 10.6. The van der Waals surface area contributed by atoms with Gasteiger partial charge in [0, 0.05) is 24.7 Å². The molecule has 1 N–H and O–H groups in total. The van der Waals surface area contributed by atoms with Crippen molar-refractivity contribution >= 4 is 18.3 Å². The van der Waals surface area contributed by atoms with Gasteiger partial charge in [-0.05, 0) is 50.3 Å². The fourth-order valence-corrected chi connectivity index (χ4v) is 4.86. The third kappa shape index (κ3) is 4.73. The number of nitrogens with zero attached hydrogens (tertiary/aromatic N) is 1. The first-order chi connectivity index (χ1) is 14.2. The average molecular weight is 431 g/mol. The lowest BCUT2D eigenvalue weighted by Gasteiger charge is -2.39. The maximum absolute atomic E-state index is 13.0. The summed E-state index contributed by atoms with van der Waals surface area (Å²) in [4.78, 5) is 15.7. The molecular formula is C24H31ClN2O3. The minimum atomic E-state index is -0.0757. The average Bonchev–Trinajstić information content (AvgIpc) is 2.97. The predicted molar refractivity (Wildman–Crippen MR) is 121 cm³/mol. The molecule has 30 heavy (non-hydrogen) atoms. The first-order valence-corrected chi connectivity index (χ1v) is 10.6. The zero-order valence-corrected chi connectivity index (χ0v) is 18.5. The number of piperidine rings is 1. The Balaban J connectivity index is 0.00000256. The standard InChI is InChI=1S/C24H30N2O3.ClH/c1-3-29-23-21(10-7-11-22(23)28-2)24(27)25-18-14-19-12-13-20(15-18)26(19)16-17-8-5-4-6-9-17;/h4-11,18-20H,3,12-16H2,1-2H3,(H,25,27);1H. The zero-order chi connectivity index (χ0) is 20.2. The number of hydrogen-bond acceptors (Lipinski definition) is 4. The van der Waals surface area contributed by atoms with E-state index in [4.69, 9.17) is 9.47 Å². The van der Waals surface area contributed by atoms with Gasteiger partial charge < -0.3 is 14.8 Å². The molecule has 162 valence electrons. The second-order valence-corrected chi connectivity index (χ2v) is 7.95. The van der Waals surface area contributed by atoms with Crippen molar-refractivity contribution in [3.05, 3.63) is 59.7 Å². The molecule has 2 aliphatic rings. The summed E-state index contributed by atoms with van der Waals surface area (Å²) >= 11 is 0. The Kier molecular flexibility index (Phi) is 7.62. The van der Waals surface area contributed by atoms with Crippen molar-refractivity contribution in [3.63, 3.8) is 0 Å². The summed E-state index contributed by atoms with van der Waals surface area (Å²) in [5.41, 5.74) is 1.91. The van der Waals surface area contributed by atoms with Gasteiger partial charge in [-0.15, -0.1) is 12.4 Å². The van der Waals surface area contributed by atoms with Crippen molar-refractivity contribution in [2.24, 2.45) is 0 Å². The molecule has 2 heterocycles. The van der Waals surface area contributed by atoms with Crippen molar-refractivity contribution < 1.29 is 14.3 Å². The van der Waals surface area contributed by atoms with Crippen molar-refractivity contribution in [1.82, 2.24) is 10.2 Å². The van der Waals surface area contributed by atoms with Gasteiger partial charge in [-0.1, -0.05) is 36.4 Å². The van der Waals surface area contributed by atoms with Crippen LogP contribution in [0.1, 0.15) is 48.5 Å². The van der Waals surface area contributed by atoms with Gasteiger partial charge in [0.2, 0.25) is 0 Å². The van der Waals surface area contributed by atoms with Gasteiger partial charge >= 0.3 is 0 Å². The first kappa shape index (κ1) is 22.4. The molecule has 2 aromatic rings. The second-order valence-electron chi connectivity index (χ2n) is 7.95. The third-order valence-corrected chi connectivity index (χ3v) is 6.16. The molecule has 0 aliphatic carbocycles. The summed E-state index contributed by atoms with van der Waals surface area (Å²) < 4.78 is 11.1. The van der Waals surface area contributed by atoms with Gasteiger partial charge in [0.1, 0.15) is 0 Å². The predicted octanol–water partition coefficient (Wildman–Crippen LogP) is 4.44. The van der Waals surface area contributed by atoms with E-state index >= 15 is 0 Å². The topological polar surface area (TPSA) is 50.8 Å². The summed E-state index contributed by atoms with van der Waals surface area (Å²) in [6, 6.07) is 17.4. The van der Waals surface area contributed by atoms with Gasteiger partial charge in [0.25, 0.3) is 5.91 Å². The highest BCUT2D eigenvalue weighted by atomic mass is 35.5. The fraction of sp³-hybridized carbons (Fsp3) is 0.458. The molecule has 2 atom stereocenters. The van der Waals surface area contributed by atoms with Crippen LogP contribution in [-0.2, 0) is 6.54 Å². The van der Waals surface area contributed by atoms with Gasteiger partial charge in [0.15, 0.2) is 11.5 Å². The number of benzene rings is 2. The number of nitrogens with one attached hydrogen (secondary N) is 1. The highest BCUT2D eigenvalue weighted by molar-refractivity contribution is 5.98. The van der Waals surface area contributed by atoms with E-state index in [0.29, 0.717) is 35.8 Å². The number of halogens is 1. The van der Waals surface area contributed by atoms with E-state index in [2.05, 4.69) is 40.5 Å². The monoisotopic (exact) mass is 430 g/mol. The normalized spacial score (nSPS) is 22.8. The van der Waals surface area contributed by atoms with Crippen LogP contribution >= 0.6 is 12.4 Å². The quantitative estimate of drug-likeness (QED) is 0.705. The Bertz CT molecular complexity index is 832. The Hall–Kier alpha value is -2.24. The molecule has 0 aromatic heterocycles. The molecular weight excluding hydrogens is 400 g/mol. The molecule has 0 spiro atoms. The van der Waals surface area contributed by atoms with Gasteiger partial charge in [-0.3, -0.25) is 9.69 Å². The summed E-state index contributed by atoms with van der Waals surface area (Å²) in [7, 11) is 1.60. The van der Waals surface area contributed by atoms with Gasteiger partial charge in [-0.25, -0.2) is 0 Å². The molecule has 2 aliphatic heterocycles. The maximum Gasteiger partial charge on any atom is 0.255 e. The van der Waals surface area contributed by atoms with E-state index in [1.807, 2.05) is 25.1 Å². The minimum Gasteiger partial charge on any atom is -0.493 e. The summed E-state index contributed by atoms with van der Waals surface area (Å²) in [5, 5.41) is 3.27. The Labute approximate surface area is 185 Å². The Morgan fingerprint density at radius 2 is 1.77 bits per heavy atom. The lowest BCUT2D eigenvalue weighted by molar-refractivity contribution is 0.0824. The Morgan fingerprint density at radius 3 is 2.40 bits per heavy atom. The molecule has 5 nitrogen and oxygen atoms in total. The molecule has 2 bridgehead atoms. The van der Waals surface area contributed by atoms with E-state index in [1.54, 1.807) is 7.11 Å². The van der Waals surface area contributed by atoms with Crippen LogP contribution in [0, 0.1) is 0 Å². The van der Waals surface area contributed by atoms with Crippen molar-refractivity contribution in [3.8, 4) is 11.5 Å². The lowest BCUT2D eigenvalue weighted by Crippen LogP contribution is -2.50. The number of methoxy groups -OCH3 is 1. The van der Waals surface area contributed by atoms with Gasteiger partial charge in [-0.2, -0.15) is 0 Å². The molecule has 4 rings (SSSR count). The van der Waals surface area contributed by atoms with Crippen molar-refractivity contribution in [1.29, 1.82) is 0 Å². The molecule has 2 unspecified atom stereocenters. The third-order valence-electron chi connectivity index (χ3n) is 6.16. The number of hydrogen-bond donors (Lipinski definition) is 1. The smallest absolute Gasteiger partial charge is 0.255 e. The van der Waals surface area contributed by atoms with Crippen molar-refractivity contribution in [2.45, 2.75) is 57.3 Å². The highest BCUT2D eigenvalue weighted by Gasteiger charge is 2.41. The van der Waals surface area contributed by atoms with E-state index in [9.17, 15) is 4.79 Å². The minimum absolute atomic E-state index is 0. The Morgan fingerprint density at radius 1 is 1.07 bits per heavy atom. The number of carbonyl (C=O) groups is 1. The number of ether oxygens (including phenoxy) is 2. The van der Waals surface area contributed by atoms with Crippen LogP contribution in [0.25, 0.3) is 0 Å². The summed E-state index contributed by atoms with van der Waals surface area (Å²) in [6.45, 7) is 3.40. The van der Waals surface area contributed by atoms with E-state index in [-0.39, 0.29) is 24.4 Å². The van der Waals surface area contributed by atoms with Crippen LogP contribution in [0.2, 0.25) is 0 Å². The molecule has 2 saturated heterocycles. The van der Waals surface area contributed by atoms with Gasteiger partial charge in [0.05, 0.1) is 19.3 Å². The van der Waals surface area contributed by atoms with E-state index in [0.717, 1.165) is 19.4 Å². The van der Waals surface area contributed by atoms with Crippen LogP contribution < -0.4 is 14.8 Å². The van der Waals surface area contributed by atoms with Crippen LogP contribution in [0.4, 0.5) is 0 Å². The van der Waals surface area contributed by atoms with Crippen LogP contribution in [0.3, 0.4) is 0 Å². The van der Waals surface area contributed by atoms with Crippen LogP contribution in [0.15, 0.2) is 48.5 Å². The number of para-hydroxylation sites is 1. The van der Waals surface area contributed by atoms with E-state index < -0.39 is 0 Å². The number of fused-ring (bicyclic) bond motifs is 2.